The molecule has 0 aromatic carbocycles. The number of hydrogen-bond donors (Lipinski definition) is 0. The van der Waals surface area contributed by atoms with Gasteiger partial charge < -0.3 is 13.9 Å². The van der Waals surface area contributed by atoms with E-state index in [1.165, 1.54) is 12.7 Å². The molecule has 4 heteroatoms. The Kier molecular flexibility index (Phi) is 3.59. The standard InChI is InChI=1S/C3H3NO.C3H6O2/c2*1-2-5-3-4-1/h1-3H;1-3H2. The minimum absolute atomic E-state index is 0.500. The molecule has 2 heterocycles. The number of nitrogens with zero attached hydrogens (tertiary/aromatic N) is 1. The van der Waals surface area contributed by atoms with Crippen molar-refractivity contribution < 1.29 is 13.9 Å². The van der Waals surface area contributed by atoms with Crippen LogP contribution < -0.4 is 0 Å². The molecule has 1 fully saturated rings. The lowest BCUT2D eigenvalue weighted by Gasteiger charge is -1.76. The van der Waals surface area contributed by atoms with Gasteiger partial charge in [-0.1, -0.05) is 0 Å². The van der Waals surface area contributed by atoms with Crippen molar-refractivity contribution in [1.29, 1.82) is 0 Å². The van der Waals surface area contributed by atoms with Crippen LogP contribution >= 0.6 is 0 Å². The largest absolute Gasteiger partial charge is 0.452 e. The van der Waals surface area contributed by atoms with Gasteiger partial charge in [-0.3, -0.25) is 0 Å². The summed E-state index contributed by atoms with van der Waals surface area (Å²) in [5, 5.41) is 0. The highest BCUT2D eigenvalue weighted by molar-refractivity contribution is 4.56. The van der Waals surface area contributed by atoms with Crippen LogP contribution in [-0.2, 0) is 9.47 Å². The van der Waals surface area contributed by atoms with E-state index in [4.69, 9.17) is 9.47 Å². The van der Waals surface area contributed by atoms with Gasteiger partial charge in [0, 0.05) is 0 Å². The van der Waals surface area contributed by atoms with Gasteiger partial charge in [-0.15, -0.1) is 0 Å². The Morgan fingerprint density at radius 2 is 2.00 bits per heavy atom. The monoisotopic (exact) mass is 143 g/mol. The lowest BCUT2D eigenvalue weighted by Crippen LogP contribution is -1.79. The van der Waals surface area contributed by atoms with Crippen molar-refractivity contribution in [1.82, 2.24) is 4.98 Å². The Morgan fingerprint density at radius 1 is 1.20 bits per heavy atom. The summed E-state index contributed by atoms with van der Waals surface area (Å²) in [7, 11) is 0. The number of rotatable bonds is 0. The molecule has 1 aliphatic rings. The smallest absolute Gasteiger partial charge is 0.180 e. The second-order valence-corrected chi connectivity index (χ2v) is 1.61. The highest BCUT2D eigenvalue weighted by Gasteiger charge is 1.93. The molecule has 56 valence electrons. The van der Waals surface area contributed by atoms with Gasteiger partial charge in [-0.05, 0) is 0 Å². The number of aromatic nitrogens is 1. The third-order valence-corrected chi connectivity index (χ3v) is 0.886. The van der Waals surface area contributed by atoms with Gasteiger partial charge >= 0.3 is 0 Å². The minimum atomic E-state index is 0.500. The Hall–Kier alpha value is -0.870. The summed E-state index contributed by atoms with van der Waals surface area (Å²) in [5.41, 5.74) is 0. The van der Waals surface area contributed by atoms with E-state index in [0.717, 1.165) is 13.2 Å². The molecule has 1 aromatic heterocycles. The summed E-state index contributed by atoms with van der Waals surface area (Å²) < 4.78 is 13.9. The molecule has 2 rings (SSSR count). The summed E-state index contributed by atoms with van der Waals surface area (Å²) in [4.78, 5) is 3.56. The molecule has 1 aromatic rings. The van der Waals surface area contributed by atoms with Crippen LogP contribution in [0.1, 0.15) is 0 Å². The zero-order chi connectivity index (χ0) is 7.07. The van der Waals surface area contributed by atoms with Crippen molar-refractivity contribution in [3.63, 3.8) is 0 Å². The van der Waals surface area contributed by atoms with Gasteiger partial charge in [0.2, 0.25) is 0 Å². The molecular weight excluding hydrogens is 134 g/mol. The normalized spacial score (nSPS) is 16.0. The number of hydrogen-bond acceptors (Lipinski definition) is 4. The van der Waals surface area contributed by atoms with Gasteiger partial charge in [0.1, 0.15) is 13.1 Å². The van der Waals surface area contributed by atoms with E-state index in [9.17, 15) is 0 Å². The fourth-order valence-electron chi connectivity index (χ4n) is 0.470. The highest BCUT2D eigenvalue weighted by atomic mass is 16.7. The zero-order valence-corrected chi connectivity index (χ0v) is 5.53. The minimum Gasteiger partial charge on any atom is -0.452 e. The Bertz CT molecular complexity index is 112. The average molecular weight is 143 g/mol. The van der Waals surface area contributed by atoms with E-state index in [1.54, 1.807) is 6.20 Å². The predicted molar refractivity (Wildman–Crippen MR) is 33.3 cm³/mol. The molecule has 0 unspecified atom stereocenters. The molecule has 0 amide bonds. The van der Waals surface area contributed by atoms with Crippen LogP contribution in [0.15, 0.2) is 23.3 Å². The van der Waals surface area contributed by atoms with Gasteiger partial charge in [-0.25, -0.2) is 4.98 Å². The van der Waals surface area contributed by atoms with E-state index in [2.05, 4.69) is 9.40 Å². The van der Waals surface area contributed by atoms with Gasteiger partial charge in [0.05, 0.1) is 19.4 Å². The maximum atomic E-state index is 4.72. The fraction of sp³-hybridized carbons (Fsp3) is 0.500. The molecule has 10 heavy (non-hydrogen) atoms. The second kappa shape index (κ2) is 4.96. The highest BCUT2D eigenvalue weighted by Crippen LogP contribution is 1.85. The van der Waals surface area contributed by atoms with Crippen LogP contribution in [0.5, 0.6) is 0 Å². The van der Waals surface area contributed by atoms with Crippen molar-refractivity contribution in [3.05, 3.63) is 18.9 Å². The molecule has 0 spiro atoms. The summed E-state index contributed by atoms with van der Waals surface area (Å²) in [6.07, 6.45) is 4.47. The van der Waals surface area contributed by atoms with Crippen LogP contribution in [0.25, 0.3) is 0 Å². The van der Waals surface area contributed by atoms with Gasteiger partial charge in [-0.2, -0.15) is 0 Å². The maximum Gasteiger partial charge on any atom is 0.180 e. The number of ether oxygens (including phenoxy) is 2. The topological polar surface area (TPSA) is 44.5 Å². The SMILES string of the molecule is C1COCO1.c1cocn1. The van der Waals surface area contributed by atoms with Crippen LogP contribution in [-0.4, -0.2) is 25.0 Å². The first kappa shape index (κ1) is 7.24. The third-order valence-electron chi connectivity index (χ3n) is 0.886. The van der Waals surface area contributed by atoms with E-state index < -0.39 is 0 Å². The van der Waals surface area contributed by atoms with Crippen LogP contribution in [0.3, 0.4) is 0 Å². The van der Waals surface area contributed by atoms with Gasteiger partial charge in [0.25, 0.3) is 0 Å². The zero-order valence-electron chi connectivity index (χ0n) is 5.53. The summed E-state index contributed by atoms with van der Waals surface area (Å²) in [6, 6.07) is 0. The Morgan fingerprint density at radius 3 is 2.20 bits per heavy atom. The Labute approximate surface area is 58.8 Å². The first-order chi connectivity index (χ1) is 5.00. The van der Waals surface area contributed by atoms with Crippen molar-refractivity contribution in [2.75, 3.05) is 20.0 Å². The molecule has 0 atom stereocenters. The number of oxazole rings is 1. The van der Waals surface area contributed by atoms with E-state index >= 15 is 0 Å². The van der Waals surface area contributed by atoms with Gasteiger partial charge in [0.15, 0.2) is 6.39 Å². The molecule has 0 N–H and O–H groups in total. The quantitative estimate of drug-likeness (QED) is 0.535. The van der Waals surface area contributed by atoms with Crippen molar-refractivity contribution in [2.45, 2.75) is 0 Å². The maximum absolute atomic E-state index is 4.72. The van der Waals surface area contributed by atoms with Crippen LogP contribution in [0.2, 0.25) is 0 Å². The molecule has 0 saturated carbocycles. The second-order valence-electron chi connectivity index (χ2n) is 1.61. The molecule has 0 radical (unpaired) electrons. The molecule has 1 saturated heterocycles. The molecular formula is C6H9NO3. The van der Waals surface area contributed by atoms with Crippen molar-refractivity contribution in [2.24, 2.45) is 0 Å². The van der Waals surface area contributed by atoms with Crippen molar-refractivity contribution >= 4 is 0 Å². The fourth-order valence-corrected chi connectivity index (χ4v) is 0.470. The predicted octanol–water partition coefficient (Wildman–Crippen LogP) is 0.665. The average Bonchev–Trinajstić information content (AvgIpc) is 2.67. The van der Waals surface area contributed by atoms with E-state index in [-0.39, 0.29) is 0 Å². The Balaban J connectivity index is 0.0000001000. The summed E-state index contributed by atoms with van der Waals surface area (Å²) >= 11 is 0. The van der Waals surface area contributed by atoms with E-state index in [0.29, 0.717) is 6.79 Å². The first-order valence-electron chi connectivity index (χ1n) is 2.98. The molecule has 0 bridgehead atoms. The summed E-state index contributed by atoms with van der Waals surface area (Å²) in [5.74, 6) is 0. The van der Waals surface area contributed by atoms with Crippen molar-refractivity contribution in [3.8, 4) is 0 Å². The summed E-state index contributed by atoms with van der Waals surface area (Å²) in [6.45, 7) is 2.06. The van der Waals surface area contributed by atoms with Crippen LogP contribution in [0, 0.1) is 0 Å². The van der Waals surface area contributed by atoms with Crippen LogP contribution in [0.4, 0.5) is 0 Å². The lowest BCUT2D eigenvalue weighted by atomic mass is 10.8. The molecule has 0 aliphatic carbocycles. The van der Waals surface area contributed by atoms with E-state index in [1.807, 2.05) is 0 Å². The molecule has 1 aliphatic heterocycles. The lowest BCUT2D eigenvalue weighted by molar-refractivity contribution is 0.0692. The molecule has 4 nitrogen and oxygen atoms in total. The third kappa shape index (κ3) is 3.21. The first-order valence-corrected chi connectivity index (χ1v) is 2.98.